The van der Waals surface area contributed by atoms with E-state index in [1.54, 1.807) is 17.9 Å². The summed E-state index contributed by atoms with van der Waals surface area (Å²) in [5.74, 6) is -0.977. The molecule has 1 atom stereocenters. The number of hydrogen-bond acceptors (Lipinski definition) is 5. The van der Waals surface area contributed by atoms with Crippen molar-refractivity contribution in [3.8, 4) is 0 Å². The number of amides is 1. The van der Waals surface area contributed by atoms with Crippen LogP contribution in [0.3, 0.4) is 0 Å². The van der Waals surface area contributed by atoms with Crippen molar-refractivity contribution in [2.45, 2.75) is 34.2 Å². The highest BCUT2D eigenvalue weighted by Gasteiger charge is 2.20. The number of aryl methyl sites for hydroxylation is 1. The number of nitrogens with zero attached hydrogens (tertiary/aromatic N) is 3. The third-order valence-corrected chi connectivity index (χ3v) is 5.60. The van der Waals surface area contributed by atoms with E-state index in [0.29, 0.717) is 31.3 Å². The Labute approximate surface area is 194 Å². The van der Waals surface area contributed by atoms with Gasteiger partial charge in [0.15, 0.2) is 0 Å². The molecule has 0 aliphatic rings. The Morgan fingerprint density at radius 3 is 2.66 bits per heavy atom. The Bertz CT molecular complexity index is 955. The predicted molar refractivity (Wildman–Crippen MR) is 126 cm³/mol. The van der Waals surface area contributed by atoms with Crippen molar-refractivity contribution in [3.63, 3.8) is 0 Å². The van der Waals surface area contributed by atoms with Gasteiger partial charge in [0.25, 0.3) is 0 Å². The normalized spacial score (nSPS) is 12.2. The first kappa shape index (κ1) is 25.6. The van der Waals surface area contributed by atoms with Crippen molar-refractivity contribution in [3.05, 3.63) is 57.9 Å². The van der Waals surface area contributed by atoms with Crippen LogP contribution in [0.5, 0.6) is 0 Å². The summed E-state index contributed by atoms with van der Waals surface area (Å²) in [6.07, 6.45) is 3.30. The monoisotopic (exact) mass is 461 g/mol. The van der Waals surface area contributed by atoms with E-state index < -0.39 is 5.92 Å². The minimum atomic E-state index is -0.430. The Morgan fingerprint density at radius 2 is 2.00 bits per heavy atom. The summed E-state index contributed by atoms with van der Waals surface area (Å²) in [7, 11) is 1.34. The maximum Gasteiger partial charge on any atom is 0.310 e. The van der Waals surface area contributed by atoms with Crippen LogP contribution in [0.25, 0.3) is 6.08 Å². The van der Waals surface area contributed by atoms with Gasteiger partial charge in [-0.25, -0.2) is 0 Å². The fourth-order valence-corrected chi connectivity index (χ4v) is 3.57. The van der Waals surface area contributed by atoms with Gasteiger partial charge < -0.3 is 14.4 Å². The molecule has 7 nitrogen and oxygen atoms in total. The molecule has 0 aliphatic heterocycles. The first-order valence-electron chi connectivity index (χ1n) is 10.7. The average molecular weight is 462 g/mol. The van der Waals surface area contributed by atoms with Crippen LogP contribution in [-0.2, 0) is 25.6 Å². The molecule has 1 heterocycles. The lowest BCUT2D eigenvalue weighted by Crippen LogP contribution is -2.38. The van der Waals surface area contributed by atoms with E-state index in [4.69, 9.17) is 21.1 Å². The van der Waals surface area contributed by atoms with Gasteiger partial charge in [-0.1, -0.05) is 36.7 Å². The van der Waals surface area contributed by atoms with E-state index in [1.807, 2.05) is 49.7 Å². The quantitative estimate of drug-likeness (QED) is 0.288. The van der Waals surface area contributed by atoms with Crippen LogP contribution < -0.4 is 0 Å². The average Bonchev–Trinajstić information content (AvgIpc) is 3.04. The zero-order valence-electron chi connectivity index (χ0n) is 19.4. The van der Waals surface area contributed by atoms with Gasteiger partial charge in [-0.3, -0.25) is 14.3 Å². The Morgan fingerprint density at radius 1 is 1.28 bits per heavy atom. The highest BCUT2D eigenvalue weighted by atomic mass is 35.5. The largest absolute Gasteiger partial charge is 0.469 e. The van der Waals surface area contributed by atoms with Crippen molar-refractivity contribution in [2.75, 3.05) is 33.4 Å². The van der Waals surface area contributed by atoms with Crippen LogP contribution in [0.4, 0.5) is 0 Å². The molecule has 2 rings (SSSR count). The first-order chi connectivity index (χ1) is 15.3. The summed E-state index contributed by atoms with van der Waals surface area (Å²) in [5, 5.41) is 5.31. The van der Waals surface area contributed by atoms with Gasteiger partial charge in [0.2, 0.25) is 5.91 Å². The number of ether oxygens (including phenoxy) is 2. The van der Waals surface area contributed by atoms with Gasteiger partial charge in [0, 0.05) is 42.1 Å². The van der Waals surface area contributed by atoms with Crippen LogP contribution in [0.1, 0.15) is 36.4 Å². The number of hydrogen-bond donors (Lipinski definition) is 0. The maximum absolute atomic E-state index is 12.9. The molecule has 0 radical (unpaired) electrons. The number of halogens is 1. The van der Waals surface area contributed by atoms with Gasteiger partial charge in [-0.15, -0.1) is 0 Å². The third-order valence-electron chi connectivity index (χ3n) is 5.23. The molecule has 0 spiro atoms. The van der Waals surface area contributed by atoms with Crippen molar-refractivity contribution in [1.29, 1.82) is 0 Å². The second-order valence-corrected chi connectivity index (χ2v) is 7.98. The zero-order valence-corrected chi connectivity index (χ0v) is 20.2. The first-order valence-corrected chi connectivity index (χ1v) is 11.1. The SMILES string of the molecule is CCOCCN(C[C@@H](C)C(=O)OC)C(=O)/C=C/c1c(C)nn(Cc2ccccc2Cl)c1C. The molecule has 0 saturated carbocycles. The molecule has 0 aliphatic carbocycles. The summed E-state index contributed by atoms with van der Waals surface area (Å²) in [4.78, 5) is 26.3. The van der Waals surface area contributed by atoms with E-state index in [1.165, 1.54) is 13.2 Å². The standard InChI is InChI=1S/C24H32ClN3O4/c1-6-32-14-13-27(15-17(2)24(30)31-5)23(29)12-11-21-18(3)26-28(19(21)4)16-20-9-7-8-10-22(20)25/h7-12,17H,6,13-16H2,1-5H3/b12-11+/t17-/m1/s1. The molecule has 0 bridgehead atoms. The van der Waals surface area contributed by atoms with Crippen molar-refractivity contribution >= 4 is 29.6 Å². The summed E-state index contributed by atoms with van der Waals surface area (Å²) in [5.41, 5.74) is 3.62. The van der Waals surface area contributed by atoms with Crippen molar-refractivity contribution in [2.24, 2.45) is 5.92 Å². The van der Waals surface area contributed by atoms with Crippen LogP contribution >= 0.6 is 11.6 Å². The Hall–Kier alpha value is -2.64. The van der Waals surface area contributed by atoms with Gasteiger partial charge in [-0.05, 0) is 38.5 Å². The number of methoxy groups -OCH3 is 1. The molecule has 1 aromatic carbocycles. The summed E-state index contributed by atoms with van der Waals surface area (Å²) in [6.45, 7) is 9.67. The number of carbonyl (C=O) groups is 2. The fourth-order valence-electron chi connectivity index (χ4n) is 3.37. The molecular formula is C24H32ClN3O4. The van der Waals surface area contributed by atoms with Gasteiger partial charge >= 0.3 is 5.97 Å². The predicted octanol–water partition coefficient (Wildman–Crippen LogP) is 3.89. The minimum Gasteiger partial charge on any atom is -0.469 e. The van der Waals surface area contributed by atoms with E-state index in [9.17, 15) is 9.59 Å². The van der Waals surface area contributed by atoms with Gasteiger partial charge in [0.05, 0.1) is 31.9 Å². The molecule has 0 saturated heterocycles. The number of aromatic nitrogens is 2. The lowest BCUT2D eigenvalue weighted by atomic mass is 10.1. The molecule has 32 heavy (non-hydrogen) atoms. The highest BCUT2D eigenvalue weighted by Crippen LogP contribution is 2.20. The number of carbonyl (C=O) groups excluding carboxylic acids is 2. The topological polar surface area (TPSA) is 73.7 Å². The molecule has 8 heteroatoms. The van der Waals surface area contributed by atoms with Crippen molar-refractivity contribution in [1.82, 2.24) is 14.7 Å². The van der Waals surface area contributed by atoms with Gasteiger partial charge in [-0.2, -0.15) is 5.10 Å². The number of esters is 1. The smallest absolute Gasteiger partial charge is 0.310 e. The molecule has 0 unspecified atom stereocenters. The number of benzene rings is 1. The van der Waals surface area contributed by atoms with Gasteiger partial charge in [0.1, 0.15) is 0 Å². The second kappa shape index (κ2) is 12.4. The molecule has 174 valence electrons. The number of rotatable bonds is 11. The van der Waals surface area contributed by atoms with Crippen LogP contribution in [0.15, 0.2) is 30.3 Å². The second-order valence-electron chi connectivity index (χ2n) is 7.57. The molecule has 2 aromatic rings. The summed E-state index contributed by atoms with van der Waals surface area (Å²) in [6, 6.07) is 7.66. The highest BCUT2D eigenvalue weighted by molar-refractivity contribution is 6.31. The zero-order chi connectivity index (χ0) is 23.7. The van der Waals surface area contributed by atoms with Crippen molar-refractivity contribution < 1.29 is 19.1 Å². The molecule has 0 fully saturated rings. The Balaban J connectivity index is 2.17. The maximum atomic E-state index is 12.9. The van der Waals surface area contributed by atoms with Crippen LogP contribution in [-0.4, -0.2) is 60.0 Å². The molecule has 0 N–H and O–H groups in total. The molecular weight excluding hydrogens is 430 g/mol. The van der Waals surface area contributed by atoms with E-state index in [2.05, 4.69) is 5.10 Å². The van der Waals surface area contributed by atoms with E-state index >= 15 is 0 Å². The van der Waals surface area contributed by atoms with E-state index in [-0.39, 0.29) is 18.4 Å². The van der Waals surface area contributed by atoms with Crippen LogP contribution in [0.2, 0.25) is 5.02 Å². The molecule has 1 amide bonds. The fraction of sp³-hybridized carbons (Fsp3) is 0.458. The Kier molecular flexibility index (Phi) is 9.94. The summed E-state index contributed by atoms with van der Waals surface area (Å²) >= 11 is 6.29. The third kappa shape index (κ3) is 6.93. The lowest BCUT2D eigenvalue weighted by Gasteiger charge is -2.23. The van der Waals surface area contributed by atoms with Crippen LogP contribution in [0, 0.1) is 19.8 Å². The lowest BCUT2D eigenvalue weighted by molar-refractivity contribution is -0.146. The molecule has 1 aromatic heterocycles. The minimum absolute atomic E-state index is 0.196. The summed E-state index contributed by atoms with van der Waals surface area (Å²) < 4.78 is 12.1. The van der Waals surface area contributed by atoms with E-state index in [0.717, 1.165) is 22.5 Å².